The predicted molar refractivity (Wildman–Crippen MR) is 96.4 cm³/mol. The summed E-state index contributed by atoms with van der Waals surface area (Å²) in [5, 5.41) is 8.11. The number of benzene rings is 1. The summed E-state index contributed by atoms with van der Waals surface area (Å²) in [6, 6.07) is 6.38. The third kappa shape index (κ3) is 6.00. The van der Waals surface area contributed by atoms with Crippen molar-refractivity contribution in [1.82, 2.24) is 10.6 Å². The summed E-state index contributed by atoms with van der Waals surface area (Å²) in [5.41, 5.74) is 7.27. The number of nitrogens with two attached hydrogens (primary N) is 1. The van der Waals surface area contributed by atoms with Crippen LogP contribution in [-0.4, -0.2) is 36.1 Å². The van der Waals surface area contributed by atoms with E-state index in [4.69, 9.17) is 17.3 Å². The van der Waals surface area contributed by atoms with Gasteiger partial charge in [-0.3, -0.25) is 5.32 Å². The molecule has 0 amide bonds. The van der Waals surface area contributed by atoms with Crippen LogP contribution in [0, 0.1) is 0 Å². The molecule has 1 heterocycles. The van der Waals surface area contributed by atoms with Crippen LogP contribution >= 0.6 is 35.1 Å². The molecule has 0 saturated carbocycles. The average molecular weight is 346 g/mol. The maximum Gasteiger partial charge on any atom is 0.103 e. The van der Waals surface area contributed by atoms with Crippen LogP contribution < -0.4 is 16.4 Å². The molecule has 6 heteroatoms. The van der Waals surface area contributed by atoms with E-state index in [1.165, 1.54) is 16.9 Å². The lowest BCUT2D eigenvalue weighted by Crippen LogP contribution is -2.28. The summed E-state index contributed by atoms with van der Waals surface area (Å²) >= 11 is 9.95. The Hall–Kier alpha value is 0.0900. The Labute approximate surface area is 141 Å². The Morgan fingerprint density at radius 3 is 3.05 bits per heavy atom. The van der Waals surface area contributed by atoms with E-state index >= 15 is 0 Å². The topological polar surface area (TPSA) is 50.1 Å². The largest absolute Gasteiger partial charge is 0.316 e. The summed E-state index contributed by atoms with van der Waals surface area (Å²) < 4.78 is 0. The van der Waals surface area contributed by atoms with Crippen molar-refractivity contribution >= 4 is 35.1 Å². The fourth-order valence-electron chi connectivity index (χ4n) is 2.18. The lowest BCUT2D eigenvalue weighted by Gasteiger charge is -2.11. The first-order valence-electron chi connectivity index (χ1n) is 7.45. The Balaban J connectivity index is 1.83. The van der Waals surface area contributed by atoms with Crippen LogP contribution in [0.4, 0.5) is 0 Å². The van der Waals surface area contributed by atoms with Gasteiger partial charge in [-0.2, -0.15) is 0 Å². The number of halogens is 1. The molecule has 2 unspecified atom stereocenters. The summed E-state index contributed by atoms with van der Waals surface area (Å²) in [4.78, 5) is 1.19. The minimum absolute atomic E-state index is 0.0852. The zero-order chi connectivity index (χ0) is 15.1. The van der Waals surface area contributed by atoms with Gasteiger partial charge in [-0.1, -0.05) is 24.6 Å². The highest BCUT2D eigenvalue weighted by Crippen LogP contribution is 2.32. The summed E-state index contributed by atoms with van der Waals surface area (Å²) in [5.74, 6) is 1.04. The zero-order valence-electron chi connectivity index (χ0n) is 12.4. The van der Waals surface area contributed by atoms with Crippen molar-refractivity contribution in [2.45, 2.75) is 35.4 Å². The minimum Gasteiger partial charge on any atom is -0.316 e. The molecule has 0 aromatic heterocycles. The molecule has 1 saturated heterocycles. The van der Waals surface area contributed by atoms with Crippen LogP contribution in [0.3, 0.4) is 0 Å². The van der Waals surface area contributed by atoms with Crippen LogP contribution in [0.1, 0.15) is 18.9 Å². The Bertz CT molecular complexity index is 445. The molecule has 21 heavy (non-hydrogen) atoms. The average Bonchev–Trinajstić information content (AvgIpc) is 2.89. The maximum absolute atomic E-state index is 6.31. The molecule has 0 aliphatic carbocycles. The van der Waals surface area contributed by atoms with Crippen molar-refractivity contribution in [2.24, 2.45) is 5.73 Å². The molecular weight excluding hydrogens is 322 g/mol. The van der Waals surface area contributed by atoms with Gasteiger partial charge in [-0.05, 0) is 43.6 Å². The van der Waals surface area contributed by atoms with Gasteiger partial charge in [0.25, 0.3) is 0 Å². The Morgan fingerprint density at radius 2 is 2.33 bits per heavy atom. The predicted octanol–water partition coefficient (Wildman–Crippen LogP) is 2.92. The molecular formula is C15H24ClN3S2. The first-order valence-corrected chi connectivity index (χ1v) is 9.76. The second-order valence-corrected chi connectivity index (χ2v) is 8.08. The number of nitrogens with one attached hydrogen (secondary N) is 2. The zero-order valence-corrected chi connectivity index (χ0v) is 14.8. The number of rotatable bonds is 8. The van der Waals surface area contributed by atoms with Crippen LogP contribution in [0.15, 0.2) is 23.1 Å². The molecule has 1 aromatic carbocycles. The number of thioether (sulfide) groups is 2. The maximum atomic E-state index is 6.31. The highest BCUT2D eigenvalue weighted by atomic mass is 35.5. The van der Waals surface area contributed by atoms with Gasteiger partial charge in [0, 0.05) is 22.4 Å². The fourth-order valence-corrected chi connectivity index (χ4v) is 4.70. The van der Waals surface area contributed by atoms with Crippen LogP contribution in [-0.2, 0) is 6.42 Å². The van der Waals surface area contributed by atoms with Gasteiger partial charge in [-0.25, -0.2) is 0 Å². The molecule has 0 radical (unpaired) electrons. The molecule has 1 fully saturated rings. The molecule has 2 rings (SSSR count). The SMILES string of the molecule is CCCNCCc1ccc(Cl)c(SCC2CNC(N)S2)c1. The molecule has 0 spiro atoms. The van der Waals surface area contributed by atoms with Gasteiger partial charge in [-0.15, -0.1) is 23.5 Å². The summed E-state index contributed by atoms with van der Waals surface area (Å²) in [6.07, 6.45) is 2.23. The molecule has 118 valence electrons. The van der Waals surface area contributed by atoms with E-state index in [-0.39, 0.29) is 5.50 Å². The van der Waals surface area contributed by atoms with E-state index in [0.29, 0.717) is 5.25 Å². The first-order chi connectivity index (χ1) is 10.2. The van der Waals surface area contributed by atoms with Crippen molar-refractivity contribution < 1.29 is 0 Å². The van der Waals surface area contributed by atoms with Crippen LogP contribution in [0.25, 0.3) is 0 Å². The van der Waals surface area contributed by atoms with Gasteiger partial charge < -0.3 is 11.1 Å². The molecule has 4 N–H and O–H groups in total. The van der Waals surface area contributed by atoms with Gasteiger partial charge in [0.2, 0.25) is 0 Å². The molecule has 3 nitrogen and oxygen atoms in total. The van der Waals surface area contributed by atoms with Crippen molar-refractivity contribution in [3.05, 3.63) is 28.8 Å². The molecule has 2 atom stereocenters. The summed E-state index contributed by atoms with van der Waals surface area (Å²) in [6.45, 7) is 5.28. The van der Waals surface area contributed by atoms with Gasteiger partial charge >= 0.3 is 0 Å². The fraction of sp³-hybridized carbons (Fsp3) is 0.600. The minimum atomic E-state index is 0.0852. The lowest BCUT2D eigenvalue weighted by molar-refractivity contribution is 0.671. The van der Waals surface area contributed by atoms with Crippen molar-refractivity contribution in [1.29, 1.82) is 0 Å². The molecule has 1 aliphatic rings. The third-order valence-electron chi connectivity index (χ3n) is 3.32. The quantitative estimate of drug-likeness (QED) is 0.499. The molecule has 0 bridgehead atoms. The Kier molecular flexibility index (Phi) is 7.71. The van der Waals surface area contributed by atoms with E-state index in [0.717, 1.165) is 36.8 Å². The van der Waals surface area contributed by atoms with Gasteiger partial charge in [0.05, 0.1) is 5.02 Å². The van der Waals surface area contributed by atoms with Crippen molar-refractivity contribution in [3.63, 3.8) is 0 Å². The van der Waals surface area contributed by atoms with Gasteiger partial charge in [0.15, 0.2) is 0 Å². The normalized spacial score (nSPS) is 21.9. The van der Waals surface area contributed by atoms with Crippen molar-refractivity contribution in [2.75, 3.05) is 25.4 Å². The molecule has 1 aromatic rings. The summed E-state index contributed by atoms with van der Waals surface area (Å²) in [7, 11) is 0. The van der Waals surface area contributed by atoms with E-state index in [9.17, 15) is 0 Å². The second kappa shape index (κ2) is 9.28. The van der Waals surface area contributed by atoms with Gasteiger partial charge in [0.1, 0.15) is 5.50 Å². The molecule has 1 aliphatic heterocycles. The van der Waals surface area contributed by atoms with E-state index < -0.39 is 0 Å². The Morgan fingerprint density at radius 1 is 1.48 bits per heavy atom. The standard InChI is InChI=1S/C15H24ClN3S2/c1-2-6-18-7-5-11-3-4-13(16)14(8-11)20-10-12-9-19-15(17)21-12/h3-4,8,12,15,18-19H,2,5-7,9-10,17H2,1H3. The number of hydrogen-bond donors (Lipinski definition) is 3. The monoisotopic (exact) mass is 345 g/mol. The van der Waals surface area contributed by atoms with Crippen LogP contribution in [0.5, 0.6) is 0 Å². The lowest BCUT2D eigenvalue weighted by atomic mass is 10.1. The van der Waals surface area contributed by atoms with E-state index in [2.05, 4.69) is 29.7 Å². The van der Waals surface area contributed by atoms with Crippen LogP contribution in [0.2, 0.25) is 5.02 Å². The third-order valence-corrected chi connectivity index (χ3v) is 6.37. The van der Waals surface area contributed by atoms with E-state index in [1.807, 2.05) is 17.8 Å². The first kappa shape index (κ1) is 17.4. The second-order valence-electron chi connectivity index (χ2n) is 5.16. The highest BCUT2D eigenvalue weighted by Gasteiger charge is 2.21. The smallest absolute Gasteiger partial charge is 0.103 e. The number of hydrogen-bond acceptors (Lipinski definition) is 5. The highest BCUT2D eigenvalue weighted by molar-refractivity contribution is 8.03. The van der Waals surface area contributed by atoms with Crippen molar-refractivity contribution in [3.8, 4) is 0 Å². The van der Waals surface area contributed by atoms with E-state index in [1.54, 1.807) is 11.8 Å².